The van der Waals surface area contributed by atoms with E-state index in [9.17, 15) is 18.3 Å². The Morgan fingerprint density at radius 2 is 1.84 bits per heavy atom. The van der Waals surface area contributed by atoms with Gasteiger partial charge in [-0.25, -0.2) is 17.9 Å². The lowest BCUT2D eigenvalue weighted by atomic mass is 9.96. The molecule has 2 aliphatic rings. The van der Waals surface area contributed by atoms with E-state index in [0.29, 0.717) is 32.0 Å². The van der Waals surface area contributed by atoms with Gasteiger partial charge in [-0.15, -0.1) is 0 Å². The molecule has 1 saturated carbocycles. The van der Waals surface area contributed by atoms with Gasteiger partial charge in [0.25, 0.3) is 0 Å². The summed E-state index contributed by atoms with van der Waals surface area (Å²) in [6.07, 6.45) is 4.83. The monoisotopic (exact) mass is 368 g/mol. The minimum Gasteiger partial charge on any atom is -0.478 e. The summed E-state index contributed by atoms with van der Waals surface area (Å²) in [6.45, 7) is 2.24. The van der Waals surface area contributed by atoms with Crippen LogP contribution in [0.5, 0.6) is 0 Å². The highest BCUT2D eigenvalue weighted by Gasteiger charge is 2.25. The molecule has 7 nitrogen and oxygen atoms in total. The summed E-state index contributed by atoms with van der Waals surface area (Å²) in [4.78, 5) is 13.6. The van der Waals surface area contributed by atoms with E-state index in [4.69, 9.17) is 4.74 Å². The molecular formula is C17H24N2O5S. The van der Waals surface area contributed by atoms with Gasteiger partial charge in [-0.05, 0) is 31.0 Å². The Balaban J connectivity index is 1.86. The van der Waals surface area contributed by atoms with Crippen LogP contribution in [0.3, 0.4) is 0 Å². The van der Waals surface area contributed by atoms with Crippen LogP contribution in [0.2, 0.25) is 0 Å². The Bertz CT molecular complexity index is 723. The SMILES string of the molecule is O=C(O)c1cc(S(=O)(=O)NC2CCCCC2)ccc1N1CCOCC1. The summed E-state index contributed by atoms with van der Waals surface area (Å²) in [5, 5.41) is 9.53. The van der Waals surface area contributed by atoms with E-state index >= 15 is 0 Å². The number of anilines is 1. The standard InChI is InChI=1S/C17H24N2O5S/c20-17(21)15-12-14(6-7-16(15)19-8-10-24-11-9-19)25(22,23)18-13-4-2-1-3-5-13/h6-7,12-13,18H,1-5,8-11H2,(H,20,21). The molecule has 0 amide bonds. The van der Waals surface area contributed by atoms with Gasteiger partial charge >= 0.3 is 5.97 Å². The fourth-order valence-corrected chi connectivity index (χ4v) is 4.77. The maximum atomic E-state index is 12.6. The van der Waals surface area contributed by atoms with Gasteiger partial charge in [0, 0.05) is 19.1 Å². The van der Waals surface area contributed by atoms with Crippen molar-refractivity contribution in [3.63, 3.8) is 0 Å². The molecule has 1 aliphatic carbocycles. The average molecular weight is 368 g/mol. The van der Waals surface area contributed by atoms with Crippen molar-refractivity contribution in [2.75, 3.05) is 31.2 Å². The minimum atomic E-state index is -3.72. The molecule has 8 heteroatoms. The summed E-state index contributed by atoms with van der Waals surface area (Å²) in [6, 6.07) is 4.27. The van der Waals surface area contributed by atoms with Gasteiger partial charge < -0.3 is 14.7 Å². The highest BCUT2D eigenvalue weighted by molar-refractivity contribution is 7.89. The van der Waals surface area contributed by atoms with Gasteiger partial charge in [-0.2, -0.15) is 0 Å². The number of carboxylic acid groups (broad SMARTS) is 1. The lowest BCUT2D eigenvalue weighted by molar-refractivity contribution is 0.0696. The highest BCUT2D eigenvalue weighted by Crippen LogP contribution is 2.26. The van der Waals surface area contributed by atoms with E-state index in [-0.39, 0.29) is 16.5 Å². The molecule has 1 heterocycles. The van der Waals surface area contributed by atoms with Gasteiger partial charge in [0.2, 0.25) is 10.0 Å². The number of nitrogens with zero attached hydrogens (tertiary/aromatic N) is 1. The molecule has 0 atom stereocenters. The lowest BCUT2D eigenvalue weighted by Crippen LogP contribution is -2.38. The van der Waals surface area contributed by atoms with Gasteiger partial charge in [-0.3, -0.25) is 0 Å². The molecule has 1 aromatic rings. The normalized spacial score (nSPS) is 19.8. The first-order valence-electron chi connectivity index (χ1n) is 8.70. The van der Waals surface area contributed by atoms with Crippen LogP contribution in [0.25, 0.3) is 0 Å². The van der Waals surface area contributed by atoms with Crippen LogP contribution >= 0.6 is 0 Å². The average Bonchev–Trinajstić information content (AvgIpc) is 2.62. The third-order valence-electron chi connectivity index (χ3n) is 4.79. The number of benzene rings is 1. The Labute approximate surface area is 148 Å². The topological polar surface area (TPSA) is 95.9 Å². The van der Waals surface area contributed by atoms with Crippen molar-refractivity contribution in [1.82, 2.24) is 4.72 Å². The third kappa shape index (κ3) is 4.31. The van der Waals surface area contributed by atoms with Crippen molar-refractivity contribution < 1.29 is 23.1 Å². The largest absolute Gasteiger partial charge is 0.478 e. The summed E-state index contributed by atoms with van der Waals surface area (Å²) >= 11 is 0. The van der Waals surface area contributed by atoms with Crippen LogP contribution < -0.4 is 9.62 Å². The smallest absolute Gasteiger partial charge is 0.337 e. The summed E-state index contributed by atoms with van der Waals surface area (Å²) in [5.74, 6) is -1.13. The zero-order valence-corrected chi connectivity index (χ0v) is 14.9. The van der Waals surface area contributed by atoms with Crippen molar-refractivity contribution in [3.8, 4) is 0 Å². The number of nitrogens with one attached hydrogen (secondary N) is 1. The molecule has 0 unspecified atom stereocenters. The highest BCUT2D eigenvalue weighted by atomic mass is 32.2. The number of hydrogen-bond donors (Lipinski definition) is 2. The van der Waals surface area contributed by atoms with E-state index in [0.717, 1.165) is 32.1 Å². The summed E-state index contributed by atoms with van der Waals surface area (Å²) in [7, 11) is -3.72. The molecule has 0 radical (unpaired) electrons. The molecule has 0 aromatic heterocycles. The molecular weight excluding hydrogens is 344 g/mol. The number of ether oxygens (including phenoxy) is 1. The van der Waals surface area contributed by atoms with Crippen LogP contribution in [0.4, 0.5) is 5.69 Å². The van der Waals surface area contributed by atoms with E-state index in [2.05, 4.69) is 4.72 Å². The number of carboxylic acids is 1. The van der Waals surface area contributed by atoms with Gasteiger partial charge in [0.05, 0.1) is 29.4 Å². The third-order valence-corrected chi connectivity index (χ3v) is 6.31. The van der Waals surface area contributed by atoms with Gasteiger partial charge in [-0.1, -0.05) is 19.3 Å². The van der Waals surface area contributed by atoms with E-state index in [1.807, 2.05) is 4.90 Å². The second kappa shape index (κ2) is 7.72. The summed E-state index contributed by atoms with van der Waals surface area (Å²) < 4.78 is 33.3. The fourth-order valence-electron chi connectivity index (χ4n) is 3.44. The maximum Gasteiger partial charge on any atom is 0.337 e. The number of carbonyl (C=O) groups is 1. The Morgan fingerprint density at radius 1 is 1.16 bits per heavy atom. The van der Waals surface area contributed by atoms with Crippen molar-refractivity contribution in [1.29, 1.82) is 0 Å². The zero-order valence-electron chi connectivity index (χ0n) is 14.1. The second-order valence-electron chi connectivity index (χ2n) is 6.54. The van der Waals surface area contributed by atoms with Crippen molar-refractivity contribution in [2.45, 2.75) is 43.0 Å². The zero-order chi connectivity index (χ0) is 17.9. The molecule has 138 valence electrons. The van der Waals surface area contributed by atoms with Crippen LogP contribution in [0.15, 0.2) is 23.1 Å². The van der Waals surface area contributed by atoms with Crippen molar-refractivity contribution in [3.05, 3.63) is 23.8 Å². The number of hydrogen-bond acceptors (Lipinski definition) is 5. The predicted octanol–water partition coefficient (Wildman–Crippen LogP) is 1.83. The van der Waals surface area contributed by atoms with Gasteiger partial charge in [0.1, 0.15) is 0 Å². The van der Waals surface area contributed by atoms with Gasteiger partial charge in [0.15, 0.2) is 0 Å². The van der Waals surface area contributed by atoms with Crippen molar-refractivity contribution >= 4 is 21.7 Å². The molecule has 25 heavy (non-hydrogen) atoms. The van der Waals surface area contributed by atoms with Crippen LogP contribution in [0, 0.1) is 0 Å². The predicted molar refractivity (Wildman–Crippen MR) is 93.6 cm³/mol. The first kappa shape index (κ1) is 18.2. The van der Waals surface area contributed by atoms with Crippen molar-refractivity contribution in [2.24, 2.45) is 0 Å². The van der Waals surface area contributed by atoms with E-state index in [1.165, 1.54) is 12.1 Å². The van der Waals surface area contributed by atoms with Crippen LogP contribution in [-0.4, -0.2) is 51.8 Å². The van der Waals surface area contributed by atoms with E-state index in [1.54, 1.807) is 6.07 Å². The molecule has 1 aliphatic heterocycles. The summed E-state index contributed by atoms with van der Waals surface area (Å²) in [5.41, 5.74) is 0.542. The Hall–Kier alpha value is -1.64. The first-order valence-corrected chi connectivity index (χ1v) is 10.2. The molecule has 0 spiro atoms. The molecule has 2 fully saturated rings. The fraction of sp³-hybridized carbons (Fsp3) is 0.588. The number of morpholine rings is 1. The molecule has 1 aromatic carbocycles. The molecule has 3 rings (SSSR count). The lowest BCUT2D eigenvalue weighted by Gasteiger charge is -2.30. The quantitative estimate of drug-likeness (QED) is 0.823. The number of sulfonamides is 1. The molecule has 2 N–H and O–H groups in total. The number of rotatable bonds is 5. The molecule has 0 bridgehead atoms. The Morgan fingerprint density at radius 3 is 2.48 bits per heavy atom. The first-order chi connectivity index (χ1) is 12.0. The Kier molecular flexibility index (Phi) is 5.61. The maximum absolute atomic E-state index is 12.6. The minimum absolute atomic E-state index is 0.00693. The van der Waals surface area contributed by atoms with Crippen LogP contribution in [0.1, 0.15) is 42.5 Å². The molecule has 1 saturated heterocycles. The number of aromatic carboxylic acids is 1. The second-order valence-corrected chi connectivity index (χ2v) is 8.25. The van der Waals surface area contributed by atoms with Crippen LogP contribution in [-0.2, 0) is 14.8 Å². The van der Waals surface area contributed by atoms with E-state index < -0.39 is 16.0 Å².